The fraction of sp³-hybridized carbons (Fsp3) is 0.280. The highest BCUT2D eigenvalue weighted by atomic mass is 16.5. The van der Waals surface area contributed by atoms with Crippen LogP contribution in [0.15, 0.2) is 66.8 Å². The standard InChI is InChI=1S/C25H28N2O4/c1-5-15-31-19-11-12-20(17(2)16-19)23(28)21-22(18-9-7-6-8-10-18)27(14-13-26(3)4)25(30)24(21)29/h5-12,16,22,28H,1,13-15H2,2-4H3/t22-/m0/s1. The smallest absolute Gasteiger partial charge is 0.295 e. The van der Waals surface area contributed by atoms with Gasteiger partial charge in [0.15, 0.2) is 0 Å². The highest BCUT2D eigenvalue weighted by Crippen LogP contribution is 2.39. The van der Waals surface area contributed by atoms with Crippen molar-refractivity contribution in [1.29, 1.82) is 0 Å². The Bertz CT molecular complexity index is 1010. The van der Waals surface area contributed by atoms with Crippen LogP contribution in [0.5, 0.6) is 5.75 Å². The molecule has 1 saturated heterocycles. The first-order valence-corrected chi connectivity index (χ1v) is 10.2. The number of aliphatic hydroxyl groups excluding tert-OH is 1. The predicted octanol–water partition coefficient (Wildman–Crippen LogP) is 3.54. The van der Waals surface area contributed by atoms with Gasteiger partial charge in [-0.3, -0.25) is 9.59 Å². The number of hydrogen-bond acceptors (Lipinski definition) is 5. The molecular weight excluding hydrogens is 392 g/mol. The van der Waals surface area contributed by atoms with Gasteiger partial charge in [0.05, 0.1) is 11.6 Å². The molecule has 1 fully saturated rings. The van der Waals surface area contributed by atoms with E-state index in [-0.39, 0.29) is 11.3 Å². The number of likely N-dealkylation sites (N-methyl/N-ethyl adjacent to an activating group) is 1. The normalized spacial score (nSPS) is 17.9. The van der Waals surface area contributed by atoms with Crippen LogP contribution in [0.3, 0.4) is 0 Å². The average Bonchev–Trinajstić information content (AvgIpc) is 3.01. The Morgan fingerprint density at radius 1 is 1.19 bits per heavy atom. The second-order valence-corrected chi connectivity index (χ2v) is 7.78. The molecule has 31 heavy (non-hydrogen) atoms. The number of ether oxygens (including phenoxy) is 1. The van der Waals surface area contributed by atoms with Crippen molar-refractivity contribution in [3.05, 3.63) is 83.4 Å². The van der Waals surface area contributed by atoms with Crippen molar-refractivity contribution in [2.24, 2.45) is 0 Å². The Morgan fingerprint density at radius 3 is 2.52 bits per heavy atom. The van der Waals surface area contributed by atoms with Gasteiger partial charge in [-0.25, -0.2) is 0 Å². The summed E-state index contributed by atoms with van der Waals surface area (Å²) in [5, 5.41) is 11.2. The average molecular weight is 421 g/mol. The van der Waals surface area contributed by atoms with E-state index in [0.717, 1.165) is 11.1 Å². The minimum atomic E-state index is -0.670. The first-order valence-electron chi connectivity index (χ1n) is 10.2. The van der Waals surface area contributed by atoms with E-state index < -0.39 is 17.7 Å². The van der Waals surface area contributed by atoms with Crippen LogP contribution in [-0.4, -0.2) is 60.4 Å². The van der Waals surface area contributed by atoms with Crippen molar-refractivity contribution in [3.8, 4) is 5.75 Å². The number of amides is 1. The molecule has 0 saturated carbocycles. The first-order chi connectivity index (χ1) is 14.8. The summed E-state index contributed by atoms with van der Waals surface area (Å²) in [6.45, 7) is 6.81. The lowest BCUT2D eigenvalue weighted by Gasteiger charge is -2.26. The number of ketones is 1. The molecule has 6 nitrogen and oxygen atoms in total. The first kappa shape index (κ1) is 22.3. The molecule has 0 aliphatic carbocycles. The quantitative estimate of drug-likeness (QED) is 0.306. The number of benzene rings is 2. The van der Waals surface area contributed by atoms with Crippen molar-refractivity contribution >= 4 is 17.4 Å². The number of Topliss-reactive ketones (excluding diaryl/α,β-unsaturated/α-hetero) is 1. The molecule has 1 atom stereocenters. The number of rotatable bonds is 8. The van der Waals surface area contributed by atoms with E-state index in [4.69, 9.17) is 4.74 Å². The zero-order chi connectivity index (χ0) is 22.5. The maximum atomic E-state index is 13.0. The van der Waals surface area contributed by atoms with Gasteiger partial charge in [-0.05, 0) is 50.3 Å². The summed E-state index contributed by atoms with van der Waals surface area (Å²) in [4.78, 5) is 29.4. The number of aryl methyl sites for hydroxylation is 1. The number of aliphatic hydroxyl groups is 1. The Kier molecular flexibility index (Phi) is 6.92. The van der Waals surface area contributed by atoms with E-state index in [1.54, 1.807) is 29.2 Å². The lowest BCUT2D eigenvalue weighted by molar-refractivity contribution is -0.140. The molecule has 162 valence electrons. The van der Waals surface area contributed by atoms with Crippen LogP contribution in [0.1, 0.15) is 22.7 Å². The second-order valence-electron chi connectivity index (χ2n) is 7.78. The molecular formula is C25H28N2O4. The summed E-state index contributed by atoms with van der Waals surface area (Å²) < 4.78 is 5.55. The van der Waals surface area contributed by atoms with Gasteiger partial charge in [-0.2, -0.15) is 0 Å². The maximum absolute atomic E-state index is 13.0. The fourth-order valence-corrected chi connectivity index (χ4v) is 3.69. The van der Waals surface area contributed by atoms with Crippen LogP contribution in [0, 0.1) is 6.92 Å². The summed E-state index contributed by atoms with van der Waals surface area (Å²) in [6.07, 6.45) is 1.65. The second kappa shape index (κ2) is 9.62. The number of nitrogens with zero attached hydrogens (tertiary/aromatic N) is 2. The Morgan fingerprint density at radius 2 is 1.90 bits per heavy atom. The minimum Gasteiger partial charge on any atom is -0.507 e. The van der Waals surface area contributed by atoms with E-state index in [9.17, 15) is 14.7 Å². The van der Waals surface area contributed by atoms with Crippen molar-refractivity contribution in [2.45, 2.75) is 13.0 Å². The molecule has 2 aromatic rings. The SMILES string of the molecule is C=CCOc1ccc(C(O)=C2C(=O)C(=O)N(CCN(C)C)[C@H]2c2ccccc2)c(C)c1. The molecule has 0 radical (unpaired) electrons. The summed E-state index contributed by atoms with van der Waals surface area (Å²) in [5.74, 6) is -0.801. The third-order valence-electron chi connectivity index (χ3n) is 5.26. The van der Waals surface area contributed by atoms with E-state index in [1.807, 2.05) is 56.3 Å². The third-order valence-corrected chi connectivity index (χ3v) is 5.26. The van der Waals surface area contributed by atoms with Crippen molar-refractivity contribution in [3.63, 3.8) is 0 Å². The minimum absolute atomic E-state index is 0.109. The molecule has 1 heterocycles. The zero-order valence-electron chi connectivity index (χ0n) is 18.2. The largest absolute Gasteiger partial charge is 0.507 e. The highest BCUT2D eigenvalue weighted by molar-refractivity contribution is 6.46. The van der Waals surface area contributed by atoms with Crippen LogP contribution in [-0.2, 0) is 9.59 Å². The van der Waals surface area contributed by atoms with E-state index in [0.29, 0.717) is 31.0 Å². The van der Waals surface area contributed by atoms with Crippen molar-refractivity contribution in [2.75, 3.05) is 33.8 Å². The van der Waals surface area contributed by atoms with Crippen LogP contribution < -0.4 is 4.74 Å². The van der Waals surface area contributed by atoms with E-state index >= 15 is 0 Å². The van der Waals surface area contributed by atoms with E-state index in [2.05, 4.69) is 6.58 Å². The monoisotopic (exact) mass is 420 g/mol. The molecule has 1 amide bonds. The van der Waals surface area contributed by atoms with Crippen LogP contribution >= 0.6 is 0 Å². The van der Waals surface area contributed by atoms with E-state index in [1.165, 1.54) is 0 Å². The zero-order valence-corrected chi connectivity index (χ0v) is 18.2. The lowest BCUT2D eigenvalue weighted by atomic mass is 9.94. The number of carbonyl (C=O) groups excluding carboxylic acids is 2. The van der Waals surface area contributed by atoms with Gasteiger partial charge in [-0.15, -0.1) is 0 Å². The topological polar surface area (TPSA) is 70.1 Å². The molecule has 2 aromatic carbocycles. The molecule has 0 spiro atoms. The van der Waals surface area contributed by atoms with Gasteiger partial charge in [0.1, 0.15) is 18.1 Å². The fourth-order valence-electron chi connectivity index (χ4n) is 3.69. The Hall–Kier alpha value is -3.38. The summed E-state index contributed by atoms with van der Waals surface area (Å²) in [6, 6.07) is 13.9. The molecule has 3 rings (SSSR count). The number of hydrogen-bond donors (Lipinski definition) is 1. The number of carbonyl (C=O) groups is 2. The summed E-state index contributed by atoms with van der Waals surface area (Å²) >= 11 is 0. The van der Waals surface area contributed by atoms with Gasteiger partial charge in [-0.1, -0.05) is 43.0 Å². The van der Waals surface area contributed by atoms with Crippen LogP contribution in [0.2, 0.25) is 0 Å². The van der Waals surface area contributed by atoms with Gasteiger partial charge in [0, 0.05) is 18.7 Å². The molecule has 6 heteroatoms. The molecule has 1 aliphatic rings. The third kappa shape index (κ3) is 4.70. The Balaban J connectivity index is 2.09. The van der Waals surface area contributed by atoms with Crippen molar-refractivity contribution < 1.29 is 19.4 Å². The van der Waals surface area contributed by atoms with Crippen molar-refractivity contribution in [1.82, 2.24) is 9.80 Å². The lowest BCUT2D eigenvalue weighted by Crippen LogP contribution is -2.35. The molecule has 1 N–H and O–H groups in total. The summed E-state index contributed by atoms with van der Waals surface area (Å²) in [7, 11) is 3.82. The maximum Gasteiger partial charge on any atom is 0.295 e. The van der Waals surface area contributed by atoms with Crippen LogP contribution in [0.4, 0.5) is 0 Å². The molecule has 0 bridgehead atoms. The molecule has 1 aliphatic heterocycles. The predicted molar refractivity (Wildman–Crippen MR) is 121 cm³/mol. The Labute approximate surface area is 183 Å². The van der Waals surface area contributed by atoms with Gasteiger partial charge >= 0.3 is 0 Å². The highest BCUT2D eigenvalue weighted by Gasteiger charge is 2.45. The summed E-state index contributed by atoms with van der Waals surface area (Å²) in [5.41, 5.74) is 2.13. The number of likely N-dealkylation sites (tertiary alicyclic amines) is 1. The van der Waals surface area contributed by atoms with Gasteiger partial charge < -0.3 is 19.6 Å². The van der Waals surface area contributed by atoms with Gasteiger partial charge in [0.2, 0.25) is 0 Å². The van der Waals surface area contributed by atoms with Crippen LogP contribution in [0.25, 0.3) is 5.76 Å². The molecule has 0 aromatic heterocycles. The van der Waals surface area contributed by atoms with Gasteiger partial charge in [0.25, 0.3) is 11.7 Å². The molecule has 0 unspecified atom stereocenters.